The first-order valence-corrected chi connectivity index (χ1v) is 8.62. The number of rotatable bonds is 8. The van der Waals surface area contributed by atoms with E-state index in [2.05, 4.69) is 33.1 Å². The molecule has 1 heterocycles. The number of thiophene rings is 1. The average molecular weight is 309 g/mol. The first-order chi connectivity index (χ1) is 10.3. The first-order valence-electron chi connectivity index (χ1n) is 7.74. The zero-order valence-corrected chi connectivity index (χ0v) is 14.0. The summed E-state index contributed by atoms with van der Waals surface area (Å²) in [5.41, 5.74) is 0.418. The first kappa shape index (κ1) is 16.3. The van der Waals surface area contributed by atoms with Crippen molar-refractivity contribution in [2.45, 2.75) is 32.1 Å². The van der Waals surface area contributed by atoms with E-state index in [1.54, 1.807) is 7.11 Å². The number of nitrogens with one attached hydrogen (secondary N) is 2. The topological polar surface area (TPSA) is 45.7 Å². The highest BCUT2D eigenvalue weighted by molar-refractivity contribution is 7.09. The van der Waals surface area contributed by atoms with E-state index in [1.165, 1.54) is 24.1 Å². The average Bonchev–Trinajstić information content (AvgIpc) is 2.97. The van der Waals surface area contributed by atoms with Crippen LogP contribution in [0.15, 0.2) is 22.5 Å². The van der Waals surface area contributed by atoms with Crippen molar-refractivity contribution in [1.82, 2.24) is 10.6 Å². The third-order valence-corrected chi connectivity index (χ3v) is 5.29. The lowest BCUT2D eigenvalue weighted by Gasteiger charge is -2.42. The molecule has 0 aliphatic heterocycles. The Balaban J connectivity index is 1.69. The maximum Gasteiger partial charge on any atom is 0.191 e. The highest BCUT2D eigenvalue weighted by Gasteiger charge is 2.36. The predicted molar refractivity (Wildman–Crippen MR) is 90.2 cm³/mol. The molecule has 1 fully saturated rings. The molecule has 2 rings (SSSR count). The molecule has 1 saturated carbocycles. The molecule has 4 nitrogen and oxygen atoms in total. The van der Waals surface area contributed by atoms with Crippen molar-refractivity contribution in [2.75, 3.05) is 33.9 Å². The summed E-state index contributed by atoms with van der Waals surface area (Å²) in [6, 6.07) is 4.28. The monoisotopic (exact) mass is 309 g/mol. The molecule has 0 spiro atoms. The van der Waals surface area contributed by atoms with Gasteiger partial charge in [-0.25, -0.2) is 0 Å². The van der Waals surface area contributed by atoms with Crippen LogP contribution < -0.4 is 10.6 Å². The second-order valence-electron chi connectivity index (χ2n) is 5.78. The van der Waals surface area contributed by atoms with E-state index in [1.807, 2.05) is 18.4 Å². The van der Waals surface area contributed by atoms with Gasteiger partial charge < -0.3 is 15.4 Å². The number of ether oxygens (including phenoxy) is 1. The fraction of sp³-hybridized carbons (Fsp3) is 0.688. The molecule has 21 heavy (non-hydrogen) atoms. The van der Waals surface area contributed by atoms with Crippen LogP contribution in [0.4, 0.5) is 0 Å². The van der Waals surface area contributed by atoms with E-state index in [4.69, 9.17) is 4.74 Å². The third kappa shape index (κ3) is 5.00. The summed E-state index contributed by atoms with van der Waals surface area (Å²) in [7, 11) is 3.62. The van der Waals surface area contributed by atoms with E-state index in [9.17, 15) is 0 Å². The van der Waals surface area contributed by atoms with Gasteiger partial charge in [0.05, 0.1) is 0 Å². The Labute approximate surface area is 132 Å². The highest BCUT2D eigenvalue weighted by Crippen LogP contribution is 2.43. The van der Waals surface area contributed by atoms with Crippen LogP contribution >= 0.6 is 11.3 Å². The van der Waals surface area contributed by atoms with Crippen LogP contribution in [0.2, 0.25) is 0 Å². The molecule has 1 aliphatic rings. The normalized spacial score (nSPS) is 17.3. The molecular weight excluding hydrogens is 282 g/mol. The molecule has 0 radical (unpaired) electrons. The zero-order chi connectivity index (χ0) is 15.0. The van der Waals surface area contributed by atoms with Crippen molar-refractivity contribution in [3.63, 3.8) is 0 Å². The van der Waals surface area contributed by atoms with Crippen molar-refractivity contribution in [1.29, 1.82) is 0 Å². The summed E-state index contributed by atoms with van der Waals surface area (Å²) >= 11 is 1.81. The third-order valence-electron chi connectivity index (χ3n) is 4.35. The van der Waals surface area contributed by atoms with Crippen LogP contribution in [0, 0.1) is 5.41 Å². The van der Waals surface area contributed by atoms with Gasteiger partial charge in [-0.15, -0.1) is 11.3 Å². The molecule has 5 heteroatoms. The molecule has 2 N–H and O–H groups in total. The Morgan fingerprint density at radius 1 is 1.43 bits per heavy atom. The lowest BCUT2D eigenvalue weighted by molar-refractivity contribution is 0.0732. The van der Waals surface area contributed by atoms with Crippen molar-refractivity contribution >= 4 is 17.3 Å². The van der Waals surface area contributed by atoms with Gasteiger partial charge in [0.15, 0.2) is 5.96 Å². The van der Waals surface area contributed by atoms with Gasteiger partial charge in [0.25, 0.3) is 0 Å². The van der Waals surface area contributed by atoms with Crippen LogP contribution in [0.1, 0.15) is 30.6 Å². The molecule has 1 aromatic heterocycles. The highest BCUT2D eigenvalue weighted by atomic mass is 32.1. The standard InChI is InChI=1S/C16H27N3OS/c1-17-15(18-10-6-14-5-3-12-21-14)19-13-16(7-4-8-16)9-11-20-2/h3,5,12H,4,6-11,13H2,1-2H3,(H2,17,18,19). The molecule has 0 saturated heterocycles. The van der Waals surface area contributed by atoms with Gasteiger partial charge in [-0.3, -0.25) is 4.99 Å². The Kier molecular flexibility index (Phi) is 6.51. The number of methoxy groups -OCH3 is 1. The van der Waals surface area contributed by atoms with Crippen LogP contribution in [-0.2, 0) is 11.2 Å². The van der Waals surface area contributed by atoms with Crippen molar-refractivity contribution in [3.8, 4) is 0 Å². The Morgan fingerprint density at radius 3 is 2.86 bits per heavy atom. The van der Waals surface area contributed by atoms with Crippen molar-refractivity contribution in [2.24, 2.45) is 10.4 Å². The fourth-order valence-electron chi connectivity index (χ4n) is 2.76. The number of hydrogen-bond acceptors (Lipinski definition) is 3. The zero-order valence-electron chi connectivity index (χ0n) is 13.2. The van der Waals surface area contributed by atoms with E-state index in [0.29, 0.717) is 5.41 Å². The SMILES string of the molecule is CN=C(NCCc1cccs1)NCC1(CCOC)CCC1. The molecule has 0 atom stereocenters. The van der Waals surface area contributed by atoms with Gasteiger partial charge >= 0.3 is 0 Å². The van der Waals surface area contributed by atoms with Gasteiger partial charge in [-0.1, -0.05) is 12.5 Å². The number of aliphatic imine (C=N–C) groups is 1. The molecule has 0 aromatic carbocycles. The second kappa shape index (κ2) is 8.39. The van der Waals surface area contributed by atoms with E-state index >= 15 is 0 Å². The lowest BCUT2D eigenvalue weighted by atomic mass is 9.67. The minimum Gasteiger partial charge on any atom is -0.385 e. The van der Waals surface area contributed by atoms with E-state index < -0.39 is 0 Å². The van der Waals surface area contributed by atoms with Gasteiger partial charge in [0.2, 0.25) is 0 Å². The molecule has 1 aliphatic carbocycles. The molecule has 0 bridgehead atoms. The minimum atomic E-state index is 0.418. The van der Waals surface area contributed by atoms with Crippen LogP contribution in [0.3, 0.4) is 0 Å². The number of nitrogens with zero attached hydrogens (tertiary/aromatic N) is 1. The molecule has 0 amide bonds. The summed E-state index contributed by atoms with van der Waals surface area (Å²) in [5, 5.41) is 9.01. The van der Waals surface area contributed by atoms with Crippen molar-refractivity contribution in [3.05, 3.63) is 22.4 Å². The largest absolute Gasteiger partial charge is 0.385 e. The van der Waals surface area contributed by atoms with Crippen LogP contribution in [0.25, 0.3) is 0 Å². The van der Waals surface area contributed by atoms with Gasteiger partial charge in [0, 0.05) is 38.7 Å². The lowest BCUT2D eigenvalue weighted by Crippen LogP contribution is -2.47. The summed E-state index contributed by atoms with van der Waals surface area (Å²) in [4.78, 5) is 5.73. The summed E-state index contributed by atoms with van der Waals surface area (Å²) in [6.45, 7) is 2.77. The maximum atomic E-state index is 5.24. The summed E-state index contributed by atoms with van der Waals surface area (Å²) in [5.74, 6) is 0.912. The Morgan fingerprint density at radius 2 is 2.29 bits per heavy atom. The van der Waals surface area contributed by atoms with Crippen molar-refractivity contribution < 1.29 is 4.74 Å². The molecule has 0 unspecified atom stereocenters. The molecule has 1 aromatic rings. The van der Waals surface area contributed by atoms with Gasteiger partial charge in [-0.05, 0) is 42.5 Å². The quantitative estimate of drug-likeness (QED) is 0.573. The smallest absolute Gasteiger partial charge is 0.191 e. The minimum absolute atomic E-state index is 0.418. The van der Waals surface area contributed by atoms with E-state index in [-0.39, 0.29) is 0 Å². The van der Waals surface area contributed by atoms with Gasteiger partial charge in [-0.2, -0.15) is 0 Å². The summed E-state index contributed by atoms with van der Waals surface area (Å²) in [6.07, 6.45) is 6.14. The molecule has 118 valence electrons. The fourth-order valence-corrected chi connectivity index (χ4v) is 3.47. The second-order valence-corrected chi connectivity index (χ2v) is 6.81. The van der Waals surface area contributed by atoms with E-state index in [0.717, 1.165) is 38.5 Å². The molecular formula is C16H27N3OS. The number of guanidine groups is 1. The Hall–Kier alpha value is -1.07. The van der Waals surface area contributed by atoms with Crippen LogP contribution in [0.5, 0.6) is 0 Å². The van der Waals surface area contributed by atoms with Gasteiger partial charge in [0.1, 0.15) is 0 Å². The number of hydrogen-bond donors (Lipinski definition) is 2. The van der Waals surface area contributed by atoms with Crippen LogP contribution in [-0.4, -0.2) is 39.8 Å². The predicted octanol–water partition coefficient (Wildman–Crippen LogP) is 2.66. The Bertz CT molecular complexity index is 427. The summed E-state index contributed by atoms with van der Waals surface area (Å²) < 4.78 is 5.24. The maximum absolute atomic E-state index is 5.24.